The molecular formula is C25H15Cl5F3N7. The Morgan fingerprint density at radius 3 is 1.93 bits per heavy atom. The molecule has 4 aromatic rings. The second kappa shape index (κ2) is 12.3. The Bertz CT molecular complexity index is 1640. The number of halogens is 8. The lowest BCUT2D eigenvalue weighted by atomic mass is 9.98. The summed E-state index contributed by atoms with van der Waals surface area (Å²) in [5, 5.41) is 21.3. The number of aromatic nitrogens is 4. The van der Waals surface area contributed by atoms with Crippen LogP contribution in [-0.4, -0.2) is 32.7 Å². The van der Waals surface area contributed by atoms with Crippen LogP contribution in [0.15, 0.2) is 18.5 Å². The summed E-state index contributed by atoms with van der Waals surface area (Å²) >= 11 is 29.1. The molecule has 0 radical (unpaired) electrons. The van der Waals surface area contributed by atoms with E-state index >= 15 is 0 Å². The van der Waals surface area contributed by atoms with Crippen LogP contribution in [0.5, 0.6) is 0 Å². The van der Waals surface area contributed by atoms with Crippen LogP contribution in [0, 0.1) is 46.0 Å². The van der Waals surface area contributed by atoms with Gasteiger partial charge in [-0.05, 0) is 18.8 Å². The van der Waals surface area contributed by atoms with Crippen molar-refractivity contribution in [3.05, 3.63) is 72.3 Å². The minimum Gasteiger partial charge on any atom is -0.356 e. The van der Waals surface area contributed by atoms with Crippen LogP contribution in [0.2, 0.25) is 25.2 Å². The molecule has 5 rings (SSSR count). The fourth-order valence-electron chi connectivity index (χ4n) is 4.14. The molecule has 0 aliphatic carbocycles. The van der Waals surface area contributed by atoms with E-state index < -0.39 is 23.0 Å². The summed E-state index contributed by atoms with van der Waals surface area (Å²) in [6.45, 7) is 3.50. The maximum atomic E-state index is 14.5. The molecule has 0 unspecified atom stereocenters. The number of benzene rings is 2. The molecule has 2 aromatic carbocycles. The molecule has 15 heteroatoms. The Morgan fingerprint density at radius 1 is 0.850 bits per heavy atom. The van der Waals surface area contributed by atoms with Crippen molar-refractivity contribution in [3.8, 4) is 23.3 Å². The average Bonchev–Trinajstić information content (AvgIpc) is 3.37. The van der Waals surface area contributed by atoms with Gasteiger partial charge in [0.25, 0.3) is 5.78 Å². The van der Waals surface area contributed by atoms with Gasteiger partial charge in [0.15, 0.2) is 0 Å². The molecule has 1 fully saturated rings. The number of anilines is 1. The number of hydrogen-bond donors (Lipinski definition) is 0. The fraction of sp³-hybridized carbons (Fsp3) is 0.240. The summed E-state index contributed by atoms with van der Waals surface area (Å²) in [6.07, 6.45) is 3.14. The van der Waals surface area contributed by atoms with Gasteiger partial charge in [-0.1, -0.05) is 64.9 Å². The van der Waals surface area contributed by atoms with Gasteiger partial charge in [0, 0.05) is 25.2 Å². The van der Waals surface area contributed by atoms with Crippen molar-refractivity contribution >= 4 is 69.6 Å². The Balaban J connectivity index is 0.000000224. The summed E-state index contributed by atoms with van der Waals surface area (Å²) in [5.41, 5.74) is -0.456. The lowest BCUT2D eigenvalue weighted by Gasteiger charge is -2.33. The molecule has 0 bridgehead atoms. The van der Waals surface area contributed by atoms with Crippen molar-refractivity contribution in [1.29, 1.82) is 10.5 Å². The highest BCUT2D eigenvalue weighted by atomic mass is 35.5. The highest BCUT2D eigenvalue weighted by Gasteiger charge is 2.29. The van der Waals surface area contributed by atoms with Crippen molar-refractivity contribution in [1.82, 2.24) is 19.6 Å². The van der Waals surface area contributed by atoms with Gasteiger partial charge < -0.3 is 4.90 Å². The lowest BCUT2D eigenvalue weighted by molar-refractivity contribution is 0.435. The number of rotatable bonds is 2. The zero-order valence-corrected chi connectivity index (χ0v) is 24.1. The standard InChI is InChI=1S/C17H15ClF3N5.C8Cl4N2/c1-9-2-4-25(5-3-9)16-14(13-11(20)6-10(19)7-12(13)21)15(18)24-17-22-8-23-26(16)17;9-5-3(1-13)6(10)8(12)7(11)4(5)2-14/h6-9H,2-5H2,1H3;. The summed E-state index contributed by atoms with van der Waals surface area (Å²) in [4.78, 5) is 10.1. The van der Waals surface area contributed by atoms with Crippen LogP contribution in [0.1, 0.15) is 30.9 Å². The van der Waals surface area contributed by atoms with E-state index in [0.717, 1.165) is 12.8 Å². The maximum absolute atomic E-state index is 14.5. The van der Waals surface area contributed by atoms with Gasteiger partial charge in [0.05, 0.1) is 42.3 Å². The van der Waals surface area contributed by atoms with Crippen molar-refractivity contribution in [3.63, 3.8) is 0 Å². The predicted octanol–water partition coefficient (Wildman–Crippen LogP) is 8.14. The molecule has 7 nitrogen and oxygen atoms in total. The molecule has 0 spiro atoms. The summed E-state index contributed by atoms with van der Waals surface area (Å²) in [6, 6.07) is 4.75. The zero-order chi connectivity index (χ0) is 29.3. The molecule has 40 heavy (non-hydrogen) atoms. The van der Waals surface area contributed by atoms with E-state index in [1.54, 1.807) is 12.1 Å². The molecule has 3 heterocycles. The number of nitrogens with zero attached hydrogens (tertiary/aromatic N) is 7. The minimum atomic E-state index is -1.04. The third-order valence-corrected chi connectivity index (χ3v) is 8.16. The highest BCUT2D eigenvalue weighted by molar-refractivity contribution is 6.50. The number of piperidine rings is 1. The fourth-order valence-corrected chi connectivity index (χ4v) is 5.47. The van der Waals surface area contributed by atoms with Gasteiger partial charge in [0.1, 0.15) is 46.9 Å². The molecule has 1 aliphatic heterocycles. The number of hydrogen-bond acceptors (Lipinski definition) is 6. The first-order chi connectivity index (χ1) is 19.0. The molecule has 0 N–H and O–H groups in total. The van der Waals surface area contributed by atoms with E-state index in [9.17, 15) is 13.2 Å². The quantitative estimate of drug-likeness (QED) is 0.124. The zero-order valence-electron chi connectivity index (χ0n) is 20.3. The van der Waals surface area contributed by atoms with E-state index in [1.165, 1.54) is 10.8 Å². The van der Waals surface area contributed by atoms with E-state index in [0.29, 0.717) is 37.0 Å². The summed E-state index contributed by atoms with van der Waals surface area (Å²) in [7, 11) is 0. The van der Waals surface area contributed by atoms with E-state index in [1.807, 2.05) is 4.90 Å². The van der Waals surface area contributed by atoms with Crippen LogP contribution < -0.4 is 4.90 Å². The molecule has 1 saturated heterocycles. The van der Waals surface area contributed by atoms with Crippen molar-refractivity contribution in [2.24, 2.45) is 5.92 Å². The second-order valence-electron chi connectivity index (χ2n) is 8.72. The molecule has 0 amide bonds. The SMILES string of the molecule is CC1CCN(c2c(-c3c(F)cc(F)cc3F)c(Cl)nc3ncnn23)CC1.N#Cc1c(Cl)c(Cl)c(Cl)c(C#N)c1Cl. The molecule has 2 aromatic heterocycles. The van der Waals surface area contributed by atoms with E-state index in [2.05, 4.69) is 22.0 Å². The third-order valence-electron chi connectivity index (χ3n) is 6.19. The Morgan fingerprint density at radius 2 is 1.40 bits per heavy atom. The van der Waals surface area contributed by atoms with Crippen molar-refractivity contribution in [2.45, 2.75) is 19.8 Å². The Hall–Kier alpha value is -2.99. The molecule has 206 valence electrons. The van der Waals surface area contributed by atoms with E-state index in [4.69, 9.17) is 68.5 Å². The van der Waals surface area contributed by atoms with E-state index in [-0.39, 0.29) is 47.7 Å². The van der Waals surface area contributed by atoms with Crippen LogP contribution in [0.4, 0.5) is 19.0 Å². The molecular weight excluding hydrogens is 633 g/mol. The predicted molar refractivity (Wildman–Crippen MR) is 148 cm³/mol. The molecule has 1 aliphatic rings. The van der Waals surface area contributed by atoms with Gasteiger partial charge in [-0.3, -0.25) is 0 Å². The van der Waals surface area contributed by atoms with Crippen LogP contribution in [0.3, 0.4) is 0 Å². The Labute approximate surface area is 251 Å². The van der Waals surface area contributed by atoms with Gasteiger partial charge in [-0.15, -0.1) is 0 Å². The van der Waals surface area contributed by atoms with Crippen molar-refractivity contribution in [2.75, 3.05) is 18.0 Å². The van der Waals surface area contributed by atoms with Crippen LogP contribution in [0.25, 0.3) is 16.9 Å². The van der Waals surface area contributed by atoms with Gasteiger partial charge in [0.2, 0.25) is 0 Å². The third kappa shape index (κ3) is 5.60. The summed E-state index contributed by atoms with van der Waals surface area (Å²) < 4.78 is 43.7. The van der Waals surface area contributed by atoms with Gasteiger partial charge in [-0.25, -0.2) is 13.2 Å². The smallest absolute Gasteiger partial charge is 0.255 e. The van der Waals surface area contributed by atoms with Gasteiger partial charge >= 0.3 is 0 Å². The largest absolute Gasteiger partial charge is 0.356 e. The Kier molecular flexibility index (Phi) is 9.19. The minimum absolute atomic E-state index is 0.0363. The number of nitriles is 2. The highest BCUT2D eigenvalue weighted by Crippen LogP contribution is 2.41. The van der Waals surface area contributed by atoms with Crippen LogP contribution >= 0.6 is 58.0 Å². The average molecular weight is 648 g/mol. The normalized spacial score (nSPS) is 13.5. The topological polar surface area (TPSA) is 93.9 Å². The monoisotopic (exact) mass is 645 g/mol. The summed E-state index contributed by atoms with van der Waals surface area (Å²) in [5.74, 6) is -1.89. The number of fused-ring (bicyclic) bond motifs is 1. The first-order valence-electron chi connectivity index (χ1n) is 11.4. The van der Waals surface area contributed by atoms with Crippen LogP contribution in [-0.2, 0) is 0 Å². The molecule has 0 atom stereocenters. The first-order valence-corrected chi connectivity index (χ1v) is 13.3. The van der Waals surface area contributed by atoms with Crippen molar-refractivity contribution < 1.29 is 13.2 Å². The molecule has 0 saturated carbocycles. The second-order valence-corrected chi connectivity index (χ2v) is 10.6. The van der Waals surface area contributed by atoms with Gasteiger partial charge in [-0.2, -0.15) is 30.1 Å². The maximum Gasteiger partial charge on any atom is 0.255 e. The lowest BCUT2D eigenvalue weighted by Crippen LogP contribution is -2.35. The first kappa shape index (κ1) is 30.0.